The predicted molar refractivity (Wildman–Crippen MR) is 142 cm³/mol. The number of nitrogen functional groups attached to an aromatic ring is 1. The first-order valence-corrected chi connectivity index (χ1v) is 14.5. The lowest BCUT2D eigenvalue weighted by Crippen LogP contribution is -2.50. The summed E-state index contributed by atoms with van der Waals surface area (Å²) in [4.78, 5) is 35.5. The van der Waals surface area contributed by atoms with Gasteiger partial charge in [0.2, 0.25) is 5.95 Å². The number of anilines is 2. The van der Waals surface area contributed by atoms with Crippen LogP contribution in [0.3, 0.4) is 0 Å². The number of rotatable bonds is 6. The normalized spacial score (nSPS) is 18.1. The molecule has 3 aromatic heterocycles. The van der Waals surface area contributed by atoms with Crippen molar-refractivity contribution in [3.05, 3.63) is 23.3 Å². The molecule has 5 heterocycles. The quantitative estimate of drug-likeness (QED) is 0.475. The molecule has 2 aliphatic heterocycles. The second-order valence-corrected chi connectivity index (χ2v) is 12.4. The Balaban J connectivity index is 1.38. The molecule has 3 aromatic rings. The first-order valence-electron chi connectivity index (χ1n) is 12.2. The van der Waals surface area contributed by atoms with Crippen molar-refractivity contribution in [3.63, 3.8) is 0 Å². The molecule has 198 valence electrons. The third-order valence-electron chi connectivity index (χ3n) is 6.42. The topological polar surface area (TPSA) is 148 Å². The van der Waals surface area contributed by atoms with Gasteiger partial charge in [-0.3, -0.25) is 9.69 Å². The van der Waals surface area contributed by atoms with Crippen LogP contribution in [0, 0.1) is 5.92 Å². The van der Waals surface area contributed by atoms with E-state index in [1.165, 1.54) is 4.31 Å². The summed E-state index contributed by atoms with van der Waals surface area (Å²) < 4.78 is 33.0. The third kappa shape index (κ3) is 5.43. The summed E-state index contributed by atoms with van der Waals surface area (Å²) in [5, 5.41) is -0.720. The number of nitrogens with zero attached hydrogens (tertiary/aromatic N) is 7. The van der Waals surface area contributed by atoms with Crippen molar-refractivity contribution in [3.8, 4) is 11.4 Å². The Kier molecular flexibility index (Phi) is 7.36. The predicted octanol–water partition coefficient (Wildman–Crippen LogP) is 1.20. The van der Waals surface area contributed by atoms with Crippen LogP contribution < -0.4 is 10.6 Å². The molecule has 0 unspecified atom stereocenters. The Morgan fingerprint density at radius 1 is 1.08 bits per heavy atom. The van der Waals surface area contributed by atoms with Crippen molar-refractivity contribution >= 4 is 48.5 Å². The van der Waals surface area contributed by atoms with E-state index in [-0.39, 0.29) is 5.95 Å². The maximum Gasteiger partial charge on any atom is 0.277 e. The lowest BCUT2D eigenvalue weighted by molar-refractivity contribution is -0.114. The van der Waals surface area contributed by atoms with Crippen molar-refractivity contribution in [2.45, 2.75) is 20.4 Å². The summed E-state index contributed by atoms with van der Waals surface area (Å²) in [6, 6.07) is 2.07. The Morgan fingerprint density at radius 3 is 2.41 bits per heavy atom. The van der Waals surface area contributed by atoms with E-state index in [4.69, 9.17) is 20.4 Å². The van der Waals surface area contributed by atoms with Gasteiger partial charge in [-0.15, -0.1) is 11.3 Å². The first kappa shape index (κ1) is 25.9. The average molecular weight is 547 g/mol. The van der Waals surface area contributed by atoms with E-state index in [9.17, 15) is 13.2 Å². The van der Waals surface area contributed by atoms with Crippen molar-refractivity contribution in [1.82, 2.24) is 29.1 Å². The lowest BCUT2D eigenvalue weighted by atomic mass is 10.3. The molecule has 0 spiro atoms. The molecular formula is C23H30N8O4S2. The van der Waals surface area contributed by atoms with E-state index in [1.54, 1.807) is 37.6 Å². The zero-order chi connectivity index (χ0) is 26.2. The largest absolute Gasteiger partial charge is 0.378 e. The third-order valence-corrected chi connectivity index (χ3v) is 9.55. The van der Waals surface area contributed by atoms with Gasteiger partial charge in [-0.1, -0.05) is 13.8 Å². The molecule has 2 aliphatic rings. The van der Waals surface area contributed by atoms with Gasteiger partial charge in [0, 0.05) is 69.0 Å². The van der Waals surface area contributed by atoms with Crippen LogP contribution in [-0.2, 0) is 26.1 Å². The fraction of sp³-hybridized carbons (Fsp3) is 0.522. The maximum atomic E-state index is 12.6. The van der Waals surface area contributed by atoms with Gasteiger partial charge in [0.05, 0.1) is 29.0 Å². The van der Waals surface area contributed by atoms with Gasteiger partial charge >= 0.3 is 0 Å². The summed E-state index contributed by atoms with van der Waals surface area (Å²) in [5.74, 6) is 1.04. The number of hydrogen-bond donors (Lipinski definition) is 1. The summed E-state index contributed by atoms with van der Waals surface area (Å²) in [6.07, 6.45) is 3.24. The molecule has 2 saturated heterocycles. The minimum Gasteiger partial charge on any atom is -0.378 e. The monoisotopic (exact) mass is 546 g/mol. The number of morpholine rings is 1. The molecule has 0 saturated carbocycles. The van der Waals surface area contributed by atoms with Gasteiger partial charge in [0.1, 0.15) is 0 Å². The van der Waals surface area contributed by atoms with E-state index in [2.05, 4.69) is 25.8 Å². The van der Waals surface area contributed by atoms with Crippen molar-refractivity contribution < 1.29 is 17.9 Å². The number of fused-ring (bicyclic) bond motifs is 1. The first-order chi connectivity index (χ1) is 17.7. The molecule has 0 aromatic carbocycles. The molecule has 5 rings (SSSR count). The van der Waals surface area contributed by atoms with Crippen LogP contribution in [0.1, 0.15) is 18.7 Å². The molecular weight excluding hydrogens is 516 g/mol. The molecule has 2 N–H and O–H groups in total. The number of thiophene rings is 1. The van der Waals surface area contributed by atoms with Crippen LogP contribution in [-0.4, -0.2) is 95.2 Å². The van der Waals surface area contributed by atoms with Gasteiger partial charge in [-0.25, -0.2) is 28.4 Å². The minimum absolute atomic E-state index is 0.192. The summed E-state index contributed by atoms with van der Waals surface area (Å²) in [6.45, 7) is 8.32. The van der Waals surface area contributed by atoms with Gasteiger partial charge in [0.25, 0.3) is 15.1 Å². The molecule has 2 fully saturated rings. The van der Waals surface area contributed by atoms with Gasteiger partial charge in [0.15, 0.2) is 11.6 Å². The molecule has 37 heavy (non-hydrogen) atoms. The number of ether oxygens (including phenoxy) is 1. The van der Waals surface area contributed by atoms with E-state index >= 15 is 0 Å². The van der Waals surface area contributed by atoms with E-state index < -0.39 is 21.1 Å². The van der Waals surface area contributed by atoms with Gasteiger partial charge in [-0.2, -0.15) is 4.31 Å². The zero-order valence-corrected chi connectivity index (χ0v) is 22.5. The van der Waals surface area contributed by atoms with Gasteiger partial charge < -0.3 is 15.4 Å². The molecule has 12 nitrogen and oxygen atoms in total. The number of sulfonamides is 1. The fourth-order valence-corrected chi connectivity index (χ4v) is 7.04. The standard InChI is InChI=1S/C23H30N8O4S2/c1-15(2)22(32)37(33,34)31-5-3-29(4-6-31)14-17-11-18-19(36-17)21(30-7-9-35-10-8-30)28-20(27-18)16-12-25-23(24)26-13-16/h11-13,15H,3-10,14H2,1-2H3,(H2,24,25,26). The minimum atomic E-state index is -3.91. The lowest BCUT2D eigenvalue weighted by Gasteiger charge is -2.33. The summed E-state index contributed by atoms with van der Waals surface area (Å²) in [5.41, 5.74) is 7.18. The van der Waals surface area contributed by atoms with E-state index in [1.807, 2.05) is 0 Å². The molecule has 0 radical (unpaired) electrons. The summed E-state index contributed by atoms with van der Waals surface area (Å²) >= 11 is 1.65. The Labute approximate surface area is 219 Å². The Morgan fingerprint density at radius 2 is 1.76 bits per heavy atom. The fourth-order valence-electron chi connectivity index (χ4n) is 4.39. The smallest absolute Gasteiger partial charge is 0.277 e. The average Bonchev–Trinajstić information content (AvgIpc) is 3.31. The van der Waals surface area contributed by atoms with Crippen LogP contribution in [0.2, 0.25) is 0 Å². The number of piperazine rings is 1. The highest BCUT2D eigenvalue weighted by Gasteiger charge is 2.34. The SMILES string of the molecule is CC(C)C(=O)S(=O)(=O)N1CCN(Cc2cc3nc(-c4cnc(N)nc4)nc(N4CCOCC4)c3s2)CC1. The Bertz CT molecular complexity index is 1380. The number of carbonyl (C=O) groups excluding carboxylic acids is 1. The van der Waals surface area contributed by atoms with Crippen LogP contribution in [0.25, 0.3) is 21.6 Å². The molecule has 0 amide bonds. The number of hydrogen-bond acceptors (Lipinski definition) is 12. The number of nitrogens with two attached hydrogens (primary N) is 1. The maximum absolute atomic E-state index is 12.6. The molecule has 14 heteroatoms. The van der Waals surface area contributed by atoms with Crippen molar-refractivity contribution in [2.75, 3.05) is 63.1 Å². The number of aromatic nitrogens is 4. The second kappa shape index (κ2) is 10.5. The van der Waals surface area contributed by atoms with E-state index in [0.717, 1.165) is 34.0 Å². The van der Waals surface area contributed by atoms with E-state index in [0.29, 0.717) is 57.3 Å². The molecule has 0 bridgehead atoms. The second-order valence-electron chi connectivity index (χ2n) is 9.38. The van der Waals surface area contributed by atoms with Crippen LogP contribution in [0.4, 0.5) is 11.8 Å². The van der Waals surface area contributed by atoms with Crippen LogP contribution in [0.15, 0.2) is 18.5 Å². The number of carbonyl (C=O) groups is 1. The summed E-state index contributed by atoms with van der Waals surface area (Å²) in [7, 11) is -3.91. The molecule has 0 atom stereocenters. The highest BCUT2D eigenvalue weighted by atomic mass is 32.2. The Hall–Kier alpha value is -2.78. The van der Waals surface area contributed by atoms with Crippen molar-refractivity contribution in [1.29, 1.82) is 0 Å². The highest BCUT2D eigenvalue weighted by Crippen LogP contribution is 2.35. The highest BCUT2D eigenvalue weighted by molar-refractivity contribution is 8.04. The zero-order valence-electron chi connectivity index (χ0n) is 20.8. The van der Waals surface area contributed by atoms with Crippen molar-refractivity contribution in [2.24, 2.45) is 5.92 Å². The van der Waals surface area contributed by atoms with Gasteiger partial charge in [-0.05, 0) is 6.07 Å². The van der Waals surface area contributed by atoms with Crippen LogP contribution in [0.5, 0.6) is 0 Å². The van der Waals surface area contributed by atoms with Crippen LogP contribution >= 0.6 is 11.3 Å². The molecule has 0 aliphatic carbocycles.